The maximum atomic E-state index is 15.4. The normalized spacial score (nSPS) is 19.5. The zero-order valence-corrected chi connectivity index (χ0v) is 29.2. The molecule has 4 aromatic rings. The first-order valence-corrected chi connectivity index (χ1v) is 16.7. The molecule has 0 bridgehead atoms. The summed E-state index contributed by atoms with van der Waals surface area (Å²) >= 11 is 0. The summed E-state index contributed by atoms with van der Waals surface area (Å²) in [5.41, 5.74) is -0.975. The molecule has 3 aliphatic rings. The van der Waals surface area contributed by atoms with Crippen LogP contribution in [-0.4, -0.2) is 49.4 Å². The van der Waals surface area contributed by atoms with Crippen molar-refractivity contribution in [1.29, 1.82) is 0 Å². The number of fused-ring (bicyclic) bond motifs is 6. The first kappa shape index (κ1) is 33.6. The van der Waals surface area contributed by atoms with E-state index in [9.17, 15) is 25.3 Å². The van der Waals surface area contributed by atoms with Crippen molar-refractivity contribution in [1.82, 2.24) is 0 Å². The molecule has 1 atom stereocenters. The second-order valence-electron chi connectivity index (χ2n) is 15.1. The van der Waals surface area contributed by atoms with Crippen molar-refractivity contribution >= 4 is 23.1 Å². The molecule has 1 fully saturated rings. The Kier molecular flexibility index (Phi) is 7.48. The minimum absolute atomic E-state index is 0.147. The number of esters is 1. The van der Waals surface area contributed by atoms with Crippen LogP contribution in [0.1, 0.15) is 69.4 Å². The third-order valence-electron chi connectivity index (χ3n) is 9.62. The van der Waals surface area contributed by atoms with Crippen LogP contribution >= 0.6 is 0 Å². The molecule has 11 heteroatoms. The Morgan fingerprint density at radius 1 is 0.725 bits per heavy atom. The van der Waals surface area contributed by atoms with Crippen LogP contribution in [0.2, 0.25) is 0 Å². The van der Waals surface area contributed by atoms with Crippen molar-refractivity contribution in [2.75, 3.05) is 6.54 Å². The molecule has 7 rings (SSSR count). The van der Waals surface area contributed by atoms with E-state index in [0.717, 1.165) is 22.8 Å². The molecule has 2 aliphatic carbocycles. The monoisotopic (exact) mass is 687 g/mol. The Balaban J connectivity index is 1.71. The highest BCUT2D eigenvalue weighted by Crippen LogP contribution is 2.75. The maximum absolute atomic E-state index is 15.4. The highest BCUT2D eigenvalue weighted by molar-refractivity contribution is 6.14. The molecule has 11 nitrogen and oxygen atoms in total. The summed E-state index contributed by atoms with van der Waals surface area (Å²) in [6.45, 7) is 10.7. The summed E-state index contributed by atoms with van der Waals surface area (Å²) in [7, 11) is 0. The molecule has 1 saturated carbocycles. The predicted octanol–water partition coefficient (Wildman–Crippen LogP) is 6.36. The number of nitro benzene ring substituents is 2. The molecule has 51 heavy (non-hydrogen) atoms. The minimum atomic E-state index is -1.87. The topological polar surface area (TPSA) is 148 Å². The van der Waals surface area contributed by atoms with E-state index in [0.29, 0.717) is 28.8 Å². The fourth-order valence-corrected chi connectivity index (χ4v) is 8.02. The third-order valence-corrected chi connectivity index (χ3v) is 9.62. The van der Waals surface area contributed by atoms with Gasteiger partial charge in [-0.15, -0.1) is 0 Å². The lowest BCUT2D eigenvalue weighted by atomic mass is 9.85. The standard InChI is InChI=1S/C40H37N3O8/c1-37(2,3)50-35(44)34-39(31-17-11-9-15-29(31)30-16-10-12-18-32(30)39)40(34,36(45)51-38(4,5)6)41-20-19-24-13-7-8-14-28(24)33(41)25-21-26(42(46)47)23-27(22-25)43(48)49/h7-18,21-23H,19-20H2,1-6H3/b35-34-. The molecule has 0 aromatic heterocycles. The van der Waals surface area contributed by atoms with Gasteiger partial charge in [0, 0.05) is 29.7 Å². The number of nitro groups is 2. The summed E-state index contributed by atoms with van der Waals surface area (Å²) in [6, 6.07) is 26.1. The second-order valence-corrected chi connectivity index (χ2v) is 15.1. The molecular formula is C40H37N3O8. The van der Waals surface area contributed by atoms with Crippen molar-refractivity contribution in [3.05, 3.63) is 151 Å². The molecule has 1 unspecified atom stereocenters. The molecule has 0 amide bonds. The van der Waals surface area contributed by atoms with Gasteiger partial charge in [-0.05, 0) is 54.7 Å². The van der Waals surface area contributed by atoms with Gasteiger partial charge in [-0.2, -0.15) is 0 Å². The number of rotatable bonds is 6. The number of benzene rings is 4. The molecule has 1 spiro atoms. The first-order valence-electron chi connectivity index (χ1n) is 16.7. The van der Waals surface area contributed by atoms with E-state index in [1.807, 2.05) is 66.7 Å². The number of hydrogen-bond donors (Lipinski definition) is 0. The average Bonchev–Trinajstić information content (AvgIpc) is 3.62. The third kappa shape index (κ3) is 5.01. The van der Waals surface area contributed by atoms with Crippen LogP contribution in [0.15, 0.2) is 103 Å². The fourth-order valence-electron chi connectivity index (χ4n) is 8.02. The molecule has 1 heterocycles. The zero-order valence-electron chi connectivity index (χ0n) is 29.2. The van der Waals surface area contributed by atoms with Crippen LogP contribution in [-0.2, 0) is 26.1 Å². The second kappa shape index (κ2) is 11.3. The van der Waals surface area contributed by atoms with Gasteiger partial charge in [-0.1, -0.05) is 87.5 Å². The first-order chi connectivity index (χ1) is 24.0. The number of nitrogens with zero attached hydrogens (tertiary/aromatic N) is 3. The quantitative estimate of drug-likeness (QED) is 0.0748. The van der Waals surface area contributed by atoms with E-state index in [1.165, 1.54) is 12.1 Å². The van der Waals surface area contributed by atoms with E-state index in [4.69, 9.17) is 9.47 Å². The zero-order chi connectivity index (χ0) is 36.7. The Morgan fingerprint density at radius 3 is 1.73 bits per heavy atom. The Hall–Kier alpha value is -5.84. The average molecular weight is 688 g/mol. The fraction of sp³-hybridized carbons (Fsp3) is 0.300. The predicted molar refractivity (Wildman–Crippen MR) is 187 cm³/mol. The van der Waals surface area contributed by atoms with Gasteiger partial charge in [-0.3, -0.25) is 20.2 Å². The number of carbonyl (C=O) groups excluding carboxylic acids is 1. The van der Waals surface area contributed by atoms with Gasteiger partial charge in [0.25, 0.3) is 11.4 Å². The highest BCUT2D eigenvalue weighted by Gasteiger charge is 2.90. The summed E-state index contributed by atoms with van der Waals surface area (Å²) < 4.78 is 14.2. The Bertz CT molecular complexity index is 2160. The summed E-state index contributed by atoms with van der Waals surface area (Å²) in [5.74, 6) is -1.40. The molecule has 1 aliphatic heterocycles. The van der Waals surface area contributed by atoms with E-state index >= 15 is 4.79 Å². The summed E-state index contributed by atoms with van der Waals surface area (Å²) in [4.78, 5) is 38.4. The van der Waals surface area contributed by atoms with Crippen LogP contribution in [0.5, 0.6) is 0 Å². The van der Waals surface area contributed by atoms with Crippen LogP contribution in [0.25, 0.3) is 11.1 Å². The summed E-state index contributed by atoms with van der Waals surface area (Å²) in [5, 5.41) is 39.2. The Labute approximate surface area is 294 Å². The van der Waals surface area contributed by atoms with E-state index in [-0.39, 0.29) is 17.7 Å². The largest absolute Gasteiger partial charge is 0.607 e. The lowest BCUT2D eigenvalue weighted by Crippen LogP contribution is -2.51. The van der Waals surface area contributed by atoms with Gasteiger partial charge in [-0.25, -0.2) is 9.37 Å². The van der Waals surface area contributed by atoms with E-state index < -0.39 is 55.3 Å². The van der Waals surface area contributed by atoms with Gasteiger partial charge >= 0.3 is 11.5 Å². The van der Waals surface area contributed by atoms with Gasteiger partial charge in [0.15, 0.2) is 0 Å². The molecule has 0 saturated heterocycles. The molecular weight excluding hydrogens is 650 g/mol. The van der Waals surface area contributed by atoms with Gasteiger partial charge in [0.1, 0.15) is 17.6 Å². The minimum Gasteiger partial charge on any atom is -0.607 e. The SMILES string of the molecule is CC(C)(C)OC(=O)C1([N+]2=C(c3cc([N+](=O)[O-])cc([N+](=O)[O-])c3)c3ccccc3CC2)/C(=C(/[O-])OC(C)(C)C)C12c1ccccc1-c1ccccc12. The Morgan fingerprint density at radius 2 is 1.22 bits per heavy atom. The summed E-state index contributed by atoms with van der Waals surface area (Å²) in [6.07, 6.45) is 0.433. The smallest absolute Gasteiger partial charge is 0.385 e. The molecule has 0 radical (unpaired) electrons. The molecule has 4 aromatic carbocycles. The lowest BCUT2D eigenvalue weighted by molar-refractivity contribution is -0.570. The van der Waals surface area contributed by atoms with Crippen molar-refractivity contribution < 1.29 is 33.8 Å². The lowest BCUT2D eigenvalue weighted by Gasteiger charge is -2.31. The van der Waals surface area contributed by atoms with Crippen molar-refractivity contribution in [2.45, 2.75) is 70.1 Å². The number of ether oxygens (including phenoxy) is 2. The maximum Gasteiger partial charge on any atom is 0.385 e. The highest BCUT2D eigenvalue weighted by atomic mass is 16.6. The number of non-ortho nitro benzene ring substituents is 2. The molecule has 0 N–H and O–H groups in total. The van der Waals surface area contributed by atoms with Gasteiger partial charge in [0.2, 0.25) is 5.71 Å². The number of hydrogen-bond acceptors (Lipinski definition) is 8. The van der Waals surface area contributed by atoms with Crippen molar-refractivity contribution in [2.24, 2.45) is 0 Å². The van der Waals surface area contributed by atoms with Gasteiger partial charge < -0.3 is 14.6 Å². The van der Waals surface area contributed by atoms with E-state index in [1.54, 1.807) is 52.2 Å². The van der Waals surface area contributed by atoms with Crippen LogP contribution in [0.4, 0.5) is 11.4 Å². The van der Waals surface area contributed by atoms with Crippen molar-refractivity contribution in [3.63, 3.8) is 0 Å². The molecule has 260 valence electrons. The van der Waals surface area contributed by atoms with E-state index in [2.05, 4.69) is 0 Å². The number of carbonyl (C=O) groups is 1. The van der Waals surface area contributed by atoms with Crippen LogP contribution < -0.4 is 5.11 Å². The van der Waals surface area contributed by atoms with Crippen LogP contribution in [0, 0.1) is 20.2 Å². The van der Waals surface area contributed by atoms with Gasteiger partial charge in [0.05, 0.1) is 33.0 Å². The van der Waals surface area contributed by atoms with Crippen LogP contribution in [0.3, 0.4) is 0 Å². The van der Waals surface area contributed by atoms with Crippen molar-refractivity contribution in [3.8, 4) is 11.1 Å².